The molecule has 1 aliphatic rings. The van der Waals surface area contributed by atoms with Crippen molar-refractivity contribution in [1.29, 1.82) is 0 Å². The predicted molar refractivity (Wildman–Crippen MR) is 109 cm³/mol. The fourth-order valence-corrected chi connectivity index (χ4v) is 4.88. The SMILES string of the molecule is NC(=O)c1sc2nc3c(c(-c4ccc(Cl)cc4)c2c1N)CCCCCC3. The smallest absolute Gasteiger partial charge is 0.260 e. The lowest BCUT2D eigenvalue weighted by Crippen LogP contribution is -2.10. The molecule has 134 valence electrons. The number of aromatic nitrogens is 1. The topological polar surface area (TPSA) is 82.0 Å². The van der Waals surface area contributed by atoms with Crippen molar-refractivity contribution in [2.75, 3.05) is 5.73 Å². The van der Waals surface area contributed by atoms with E-state index in [1.807, 2.05) is 24.3 Å². The van der Waals surface area contributed by atoms with Crippen LogP contribution in [0.15, 0.2) is 24.3 Å². The van der Waals surface area contributed by atoms with Gasteiger partial charge in [-0.2, -0.15) is 0 Å². The molecule has 0 saturated heterocycles. The minimum atomic E-state index is -0.500. The summed E-state index contributed by atoms with van der Waals surface area (Å²) in [5.41, 5.74) is 16.9. The van der Waals surface area contributed by atoms with Crippen LogP contribution >= 0.6 is 22.9 Å². The van der Waals surface area contributed by atoms with Gasteiger partial charge in [-0.25, -0.2) is 4.98 Å². The van der Waals surface area contributed by atoms with Crippen LogP contribution < -0.4 is 11.5 Å². The molecule has 0 radical (unpaired) electrons. The highest BCUT2D eigenvalue weighted by atomic mass is 35.5. The molecule has 2 heterocycles. The number of rotatable bonds is 2. The zero-order valence-corrected chi connectivity index (χ0v) is 15.9. The number of primary amides is 1. The number of thiophene rings is 1. The molecular formula is C20H20ClN3OS. The van der Waals surface area contributed by atoms with Crippen LogP contribution in [-0.4, -0.2) is 10.9 Å². The Morgan fingerprint density at radius 1 is 1.08 bits per heavy atom. The van der Waals surface area contributed by atoms with E-state index in [-0.39, 0.29) is 0 Å². The summed E-state index contributed by atoms with van der Waals surface area (Å²) in [4.78, 5) is 17.9. The number of aryl methyl sites for hydroxylation is 1. The molecule has 0 saturated carbocycles. The second-order valence-corrected chi connectivity index (χ2v) is 8.16. The lowest BCUT2D eigenvalue weighted by Gasteiger charge is -2.19. The number of nitrogens with two attached hydrogens (primary N) is 2. The maximum absolute atomic E-state index is 11.8. The lowest BCUT2D eigenvalue weighted by atomic mass is 9.89. The molecule has 0 spiro atoms. The van der Waals surface area contributed by atoms with Gasteiger partial charge in [-0.05, 0) is 54.5 Å². The van der Waals surface area contributed by atoms with Crippen molar-refractivity contribution in [3.8, 4) is 11.1 Å². The van der Waals surface area contributed by atoms with Gasteiger partial charge >= 0.3 is 0 Å². The first-order valence-electron chi connectivity index (χ1n) is 8.85. The summed E-state index contributed by atoms with van der Waals surface area (Å²) in [6.45, 7) is 0. The maximum atomic E-state index is 11.8. The van der Waals surface area contributed by atoms with E-state index in [1.54, 1.807) is 0 Å². The molecule has 0 bridgehead atoms. The number of pyridine rings is 1. The minimum Gasteiger partial charge on any atom is -0.397 e. The number of hydrogen-bond donors (Lipinski definition) is 2. The van der Waals surface area contributed by atoms with Gasteiger partial charge in [0.25, 0.3) is 5.91 Å². The highest BCUT2D eigenvalue weighted by molar-refractivity contribution is 7.21. The van der Waals surface area contributed by atoms with Crippen LogP contribution in [0, 0.1) is 0 Å². The van der Waals surface area contributed by atoms with Gasteiger partial charge < -0.3 is 11.5 Å². The van der Waals surface area contributed by atoms with Gasteiger partial charge in [-0.15, -0.1) is 11.3 Å². The molecule has 0 fully saturated rings. The number of benzene rings is 1. The molecule has 0 atom stereocenters. The number of carbonyl (C=O) groups excluding carboxylic acids is 1. The third-order valence-corrected chi connectivity index (χ3v) is 6.38. The van der Waals surface area contributed by atoms with E-state index in [2.05, 4.69) is 0 Å². The summed E-state index contributed by atoms with van der Waals surface area (Å²) in [7, 11) is 0. The zero-order valence-electron chi connectivity index (χ0n) is 14.3. The molecule has 1 amide bonds. The Labute approximate surface area is 161 Å². The van der Waals surface area contributed by atoms with Crippen molar-refractivity contribution >= 4 is 44.7 Å². The summed E-state index contributed by atoms with van der Waals surface area (Å²) in [5.74, 6) is -0.500. The third kappa shape index (κ3) is 2.95. The van der Waals surface area contributed by atoms with E-state index in [1.165, 1.54) is 29.7 Å². The molecule has 2 aromatic heterocycles. The fraction of sp³-hybridized carbons (Fsp3) is 0.300. The number of halogens is 1. The van der Waals surface area contributed by atoms with Gasteiger partial charge in [0, 0.05) is 16.1 Å². The zero-order chi connectivity index (χ0) is 18.3. The monoisotopic (exact) mass is 385 g/mol. The average molecular weight is 386 g/mol. The third-order valence-electron chi connectivity index (χ3n) is 5.01. The van der Waals surface area contributed by atoms with E-state index >= 15 is 0 Å². The Morgan fingerprint density at radius 2 is 1.77 bits per heavy atom. The van der Waals surface area contributed by atoms with Gasteiger partial charge in [0.15, 0.2) is 0 Å². The van der Waals surface area contributed by atoms with Gasteiger partial charge in [0.05, 0.1) is 5.69 Å². The van der Waals surface area contributed by atoms with Crippen LogP contribution in [0.1, 0.15) is 46.6 Å². The second kappa shape index (κ2) is 6.89. The van der Waals surface area contributed by atoms with Crippen molar-refractivity contribution in [3.63, 3.8) is 0 Å². The summed E-state index contributed by atoms with van der Waals surface area (Å²) >= 11 is 7.38. The number of nitrogen functional groups attached to an aromatic ring is 1. The molecular weight excluding hydrogens is 366 g/mol. The van der Waals surface area contributed by atoms with Crippen LogP contribution in [0.25, 0.3) is 21.3 Å². The van der Waals surface area contributed by atoms with Gasteiger partial charge in [0.1, 0.15) is 9.71 Å². The number of nitrogens with zero attached hydrogens (tertiary/aromatic N) is 1. The van der Waals surface area contributed by atoms with Crippen molar-refractivity contribution in [3.05, 3.63) is 45.4 Å². The Balaban J connectivity index is 2.07. The molecule has 4 rings (SSSR count). The van der Waals surface area contributed by atoms with E-state index in [9.17, 15) is 4.79 Å². The average Bonchev–Trinajstić information content (AvgIpc) is 2.92. The highest BCUT2D eigenvalue weighted by Gasteiger charge is 2.24. The molecule has 4 N–H and O–H groups in total. The van der Waals surface area contributed by atoms with Crippen LogP contribution in [0.3, 0.4) is 0 Å². The number of anilines is 1. The lowest BCUT2D eigenvalue weighted by molar-refractivity contribution is 0.100. The number of carbonyl (C=O) groups is 1. The minimum absolute atomic E-state index is 0.390. The molecule has 4 nitrogen and oxygen atoms in total. The first kappa shape index (κ1) is 17.3. The Kier molecular flexibility index (Phi) is 4.59. The molecule has 0 unspecified atom stereocenters. The Morgan fingerprint density at radius 3 is 2.46 bits per heavy atom. The summed E-state index contributed by atoms with van der Waals surface area (Å²) in [5, 5.41) is 1.54. The van der Waals surface area contributed by atoms with Crippen LogP contribution in [0.4, 0.5) is 5.69 Å². The number of amides is 1. The highest BCUT2D eigenvalue weighted by Crippen LogP contribution is 2.43. The van der Waals surface area contributed by atoms with Crippen LogP contribution in [-0.2, 0) is 12.8 Å². The fourth-order valence-electron chi connectivity index (χ4n) is 3.78. The maximum Gasteiger partial charge on any atom is 0.260 e. The quantitative estimate of drug-likeness (QED) is 0.654. The molecule has 3 aromatic rings. The standard InChI is InChI=1S/C20H20ClN3OS/c21-12-9-7-11(8-10-12)15-13-5-3-1-2-4-6-14(13)24-20-16(15)17(22)18(26-20)19(23)25/h7-10H,1-6,22H2,(H2,23,25). The van der Waals surface area contributed by atoms with E-state index in [0.29, 0.717) is 15.6 Å². The number of fused-ring (bicyclic) bond motifs is 2. The first-order chi connectivity index (χ1) is 12.6. The van der Waals surface area contributed by atoms with Crippen molar-refractivity contribution in [2.24, 2.45) is 5.73 Å². The predicted octanol–water partition coefficient (Wildman–Crippen LogP) is 4.96. The van der Waals surface area contributed by atoms with Crippen molar-refractivity contribution < 1.29 is 4.79 Å². The first-order valence-corrected chi connectivity index (χ1v) is 10.0. The van der Waals surface area contributed by atoms with Gasteiger partial charge in [0.2, 0.25) is 0 Å². The van der Waals surface area contributed by atoms with Gasteiger partial charge in [-0.3, -0.25) is 4.79 Å². The van der Waals surface area contributed by atoms with E-state index in [0.717, 1.165) is 52.7 Å². The van der Waals surface area contributed by atoms with Crippen LogP contribution in [0.5, 0.6) is 0 Å². The number of hydrogen-bond acceptors (Lipinski definition) is 4. The van der Waals surface area contributed by atoms with Crippen molar-refractivity contribution in [1.82, 2.24) is 4.98 Å². The second-order valence-electron chi connectivity index (χ2n) is 6.72. The molecule has 26 heavy (non-hydrogen) atoms. The Hall–Kier alpha value is -2.11. The molecule has 1 aromatic carbocycles. The van der Waals surface area contributed by atoms with E-state index < -0.39 is 5.91 Å². The molecule has 6 heteroatoms. The summed E-state index contributed by atoms with van der Waals surface area (Å²) < 4.78 is 0. The molecule has 1 aliphatic carbocycles. The Bertz CT molecular complexity index is 995. The van der Waals surface area contributed by atoms with Crippen LogP contribution in [0.2, 0.25) is 5.02 Å². The van der Waals surface area contributed by atoms with Gasteiger partial charge in [-0.1, -0.05) is 36.6 Å². The summed E-state index contributed by atoms with van der Waals surface area (Å²) in [6.07, 6.45) is 6.65. The van der Waals surface area contributed by atoms with E-state index in [4.69, 9.17) is 28.1 Å². The van der Waals surface area contributed by atoms with Crippen molar-refractivity contribution in [2.45, 2.75) is 38.5 Å². The molecule has 0 aliphatic heterocycles. The normalized spacial score (nSPS) is 14.7. The largest absolute Gasteiger partial charge is 0.397 e. The summed E-state index contributed by atoms with van der Waals surface area (Å²) in [6, 6.07) is 7.79.